The Hall–Kier alpha value is -2.24. The summed E-state index contributed by atoms with van der Waals surface area (Å²) in [6.45, 7) is 0.766. The third-order valence-electron chi connectivity index (χ3n) is 2.39. The van der Waals surface area contributed by atoms with E-state index >= 15 is 0 Å². The van der Waals surface area contributed by atoms with Crippen molar-refractivity contribution in [3.05, 3.63) is 27.9 Å². The van der Waals surface area contributed by atoms with Crippen molar-refractivity contribution in [2.45, 2.75) is 6.10 Å². The van der Waals surface area contributed by atoms with Crippen molar-refractivity contribution in [3.63, 3.8) is 0 Å². The van der Waals surface area contributed by atoms with Gasteiger partial charge in [-0.15, -0.1) is 0 Å². The molecule has 0 bridgehead atoms. The first-order chi connectivity index (χ1) is 9.12. The SMILES string of the molecule is COCC(CNc1ncc([N+](=O)[O-])cc1C#N)OC. The molecule has 1 heterocycles. The van der Waals surface area contributed by atoms with Gasteiger partial charge in [-0.1, -0.05) is 0 Å². The van der Waals surface area contributed by atoms with Gasteiger partial charge in [0.2, 0.25) is 0 Å². The fourth-order valence-corrected chi connectivity index (χ4v) is 1.39. The van der Waals surface area contributed by atoms with Crippen molar-refractivity contribution >= 4 is 11.5 Å². The minimum absolute atomic E-state index is 0.112. The van der Waals surface area contributed by atoms with E-state index in [-0.39, 0.29) is 23.2 Å². The van der Waals surface area contributed by atoms with Crippen molar-refractivity contribution in [2.75, 3.05) is 32.7 Å². The molecule has 0 saturated carbocycles. The van der Waals surface area contributed by atoms with Gasteiger partial charge in [0, 0.05) is 26.8 Å². The Balaban J connectivity index is 2.78. The number of hydrogen-bond donors (Lipinski definition) is 1. The van der Waals surface area contributed by atoms with E-state index < -0.39 is 4.92 Å². The minimum atomic E-state index is -0.597. The van der Waals surface area contributed by atoms with Crippen LogP contribution in [0.3, 0.4) is 0 Å². The number of pyridine rings is 1. The standard InChI is InChI=1S/C11H14N4O4/c1-18-7-10(19-2)6-14-11-8(4-12)3-9(5-13-11)15(16)17/h3,5,10H,6-7H2,1-2H3,(H,13,14). The number of anilines is 1. The zero-order valence-corrected chi connectivity index (χ0v) is 10.6. The van der Waals surface area contributed by atoms with Crippen LogP contribution >= 0.6 is 0 Å². The van der Waals surface area contributed by atoms with Crippen molar-refractivity contribution in [2.24, 2.45) is 0 Å². The number of nitriles is 1. The lowest BCUT2D eigenvalue weighted by molar-refractivity contribution is -0.385. The molecule has 0 aliphatic carbocycles. The molecule has 1 rings (SSSR count). The molecule has 8 heteroatoms. The number of ether oxygens (including phenoxy) is 2. The van der Waals surface area contributed by atoms with Crippen molar-refractivity contribution in [1.82, 2.24) is 4.98 Å². The molecule has 1 unspecified atom stereocenters. The van der Waals surface area contributed by atoms with Crippen molar-refractivity contribution in [1.29, 1.82) is 5.26 Å². The molecule has 1 atom stereocenters. The van der Waals surface area contributed by atoms with Gasteiger partial charge in [0.1, 0.15) is 23.6 Å². The highest BCUT2D eigenvalue weighted by Crippen LogP contribution is 2.18. The normalized spacial score (nSPS) is 11.6. The lowest BCUT2D eigenvalue weighted by Crippen LogP contribution is -2.27. The summed E-state index contributed by atoms with van der Waals surface area (Å²) in [7, 11) is 3.09. The number of rotatable bonds is 7. The lowest BCUT2D eigenvalue weighted by Gasteiger charge is -2.15. The molecule has 102 valence electrons. The smallest absolute Gasteiger partial charge is 0.289 e. The molecule has 0 spiro atoms. The van der Waals surface area contributed by atoms with Crippen LogP contribution in [0.4, 0.5) is 11.5 Å². The van der Waals surface area contributed by atoms with E-state index in [4.69, 9.17) is 14.7 Å². The van der Waals surface area contributed by atoms with E-state index in [0.29, 0.717) is 13.2 Å². The van der Waals surface area contributed by atoms with E-state index in [1.54, 1.807) is 14.2 Å². The maximum absolute atomic E-state index is 10.6. The van der Waals surface area contributed by atoms with Crippen LogP contribution in [-0.2, 0) is 9.47 Å². The number of aromatic nitrogens is 1. The summed E-state index contributed by atoms with van der Waals surface area (Å²) >= 11 is 0. The van der Waals surface area contributed by atoms with Gasteiger partial charge in [0.25, 0.3) is 5.69 Å². The first kappa shape index (κ1) is 14.8. The number of methoxy groups -OCH3 is 2. The third kappa shape index (κ3) is 4.17. The second-order valence-electron chi connectivity index (χ2n) is 3.65. The molecule has 19 heavy (non-hydrogen) atoms. The molecular weight excluding hydrogens is 252 g/mol. The average molecular weight is 266 g/mol. The Morgan fingerprint density at radius 1 is 1.63 bits per heavy atom. The minimum Gasteiger partial charge on any atom is -0.382 e. The predicted octanol–water partition coefficient (Wildman–Crippen LogP) is 0.935. The summed E-state index contributed by atoms with van der Waals surface area (Å²) in [5, 5.41) is 22.4. The monoisotopic (exact) mass is 266 g/mol. The van der Waals surface area contributed by atoms with Gasteiger partial charge in [0.15, 0.2) is 0 Å². The second-order valence-corrected chi connectivity index (χ2v) is 3.65. The van der Waals surface area contributed by atoms with Gasteiger partial charge in [0.05, 0.1) is 17.6 Å². The summed E-state index contributed by atoms with van der Waals surface area (Å²) in [6, 6.07) is 3.04. The maximum atomic E-state index is 10.6. The average Bonchev–Trinajstić information content (AvgIpc) is 2.43. The van der Waals surface area contributed by atoms with Crippen LogP contribution in [0.1, 0.15) is 5.56 Å². The quantitative estimate of drug-likeness (QED) is 0.577. The molecule has 0 saturated heterocycles. The molecule has 1 N–H and O–H groups in total. The van der Waals surface area contributed by atoms with E-state index in [9.17, 15) is 10.1 Å². The van der Waals surface area contributed by atoms with E-state index in [1.165, 1.54) is 6.07 Å². The van der Waals surface area contributed by atoms with Gasteiger partial charge in [-0.25, -0.2) is 4.98 Å². The first-order valence-electron chi connectivity index (χ1n) is 5.42. The lowest BCUT2D eigenvalue weighted by atomic mass is 10.2. The Bertz CT molecular complexity index is 486. The molecule has 0 aromatic carbocycles. The van der Waals surface area contributed by atoms with Gasteiger partial charge >= 0.3 is 0 Å². The summed E-state index contributed by atoms with van der Waals surface area (Å²) in [6.07, 6.45) is 0.898. The number of hydrogen-bond acceptors (Lipinski definition) is 7. The molecule has 8 nitrogen and oxygen atoms in total. The van der Waals surface area contributed by atoms with Gasteiger partial charge in [-0.2, -0.15) is 5.26 Å². The van der Waals surface area contributed by atoms with Gasteiger partial charge in [-0.3, -0.25) is 10.1 Å². The Kier molecular flexibility index (Phi) is 5.66. The summed E-state index contributed by atoms with van der Waals surface area (Å²) in [5.74, 6) is 0.284. The van der Waals surface area contributed by atoms with Crippen LogP contribution in [-0.4, -0.2) is 43.4 Å². The maximum Gasteiger partial charge on any atom is 0.289 e. The molecule has 0 amide bonds. The van der Waals surface area contributed by atoms with Crippen LogP contribution in [0.25, 0.3) is 0 Å². The molecule has 1 aromatic heterocycles. The van der Waals surface area contributed by atoms with E-state index in [0.717, 1.165) is 6.20 Å². The zero-order valence-electron chi connectivity index (χ0n) is 10.6. The largest absolute Gasteiger partial charge is 0.382 e. The van der Waals surface area contributed by atoms with Crippen molar-refractivity contribution < 1.29 is 14.4 Å². The predicted molar refractivity (Wildman–Crippen MR) is 66.8 cm³/mol. The van der Waals surface area contributed by atoms with Crippen LogP contribution in [0.15, 0.2) is 12.3 Å². The van der Waals surface area contributed by atoms with Crippen LogP contribution < -0.4 is 5.32 Å². The molecule has 0 aliphatic heterocycles. The fraction of sp³-hybridized carbons (Fsp3) is 0.455. The number of nitro groups is 1. The van der Waals surface area contributed by atoms with Crippen molar-refractivity contribution in [3.8, 4) is 6.07 Å². The summed E-state index contributed by atoms with van der Waals surface area (Å²) in [4.78, 5) is 13.8. The topological polar surface area (TPSA) is 110 Å². The summed E-state index contributed by atoms with van der Waals surface area (Å²) in [5.41, 5.74) is -0.108. The highest BCUT2D eigenvalue weighted by Gasteiger charge is 2.13. The van der Waals surface area contributed by atoms with Crippen LogP contribution in [0.5, 0.6) is 0 Å². The van der Waals surface area contributed by atoms with Gasteiger partial charge in [-0.05, 0) is 0 Å². The molecule has 0 radical (unpaired) electrons. The van der Waals surface area contributed by atoms with E-state index in [2.05, 4.69) is 10.3 Å². The highest BCUT2D eigenvalue weighted by molar-refractivity contribution is 5.55. The molecule has 0 fully saturated rings. The molecule has 0 aliphatic rings. The van der Waals surface area contributed by atoms with Crippen LogP contribution in [0, 0.1) is 21.4 Å². The first-order valence-corrected chi connectivity index (χ1v) is 5.42. The second kappa shape index (κ2) is 7.25. The highest BCUT2D eigenvalue weighted by atomic mass is 16.6. The van der Waals surface area contributed by atoms with E-state index in [1.807, 2.05) is 6.07 Å². The Labute approximate surface area is 110 Å². The molecular formula is C11H14N4O4. The number of nitrogens with one attached hydrogen (secondary N) is 1. The third-order valence-corrected chi connectivity index (χ3v) is 2.39. The fourth-order valence-electron chi connectivity index (χ4n) is 1.39. The Morgan fingerprint density at radius 3 is 2.89 bits per heavy atom. The summed E-state index contributed by atoms with van der Waals surface area (Å²) < 4.78 is 10.1. The number of nitrogens with zero attached hydrogens (tertiary/aromatic N) is 3. The van der Waals surface area contributed by atoms with Crippen LogP contribution in [0.2, 0.25) is 0 Å². The zero-order chi connectivity index (χ0) is 14.3. The van der Waals surface area contributed by atoms with Gasteiger partial charge < -0.3 is 14.8 Å². The molecule has 1 aromatic rings. The Morgan fingerprint density at radius 2 is 2.37 bits per heavy atom.